The number of nitrogens with one attached hydrogen (secondary N) is 4. The number of aliphatic hydroxyl groups excluding tert-OH is 2. The fourth-order valence-electron chi connectivity index (χ4n) is 6.48. The molecule has 0 radical (unpaired) electrons. The molecule has 10 heteroatoms. The summed E-state index contributed by atoms with van der Waals surface area (Å²) in [5.41, 5.74) is 9.79. The highest BCUT2D eigenvalue weighted by Crippen LogP contribution is 2.27. The molecule has 1 aliphatic rings. The number of carbonyl (C=O) groups is 2. The van der Waals surface area contributed by atoms with Gasteiger partial charge in [-0.25, -0.2) is 0 Å². The van der Waals surface area contributed by atoms with Crippen LogP contribution in [0.2, 0.25) is 0 Å². The monoisotopic (exact) mass is 600 g/mol. The van der Waals surface area contributed by atoms with E-state index in [-0.39, 0.29) is 12.8 Å². The minimum Gasteiger partial charge on any atom is -0.481 e. The highest BCUT2D eigenvalue weighted by Gasteiger charge is 2.20. The van der Waals surface area contributed by atoms with Crippen LogP contribution in [0.15, 0.2) is 0 Å². The number of carboxylic acids is 2. The molecule has 4 aromatic rings. The Morgan fingerprint density at radius 1 is 0.568 bits per heavy atom. The largest absolute Gasteiger partial charge is 0.481 e. The Hall–Kier alpha value is -4.54. The fourth-order valence-corrected chi connectivity index (χ4v) is 6.48. The normalized spacial score (nSPS) is 13.8. The van der Waals surface area contributed by atoms with Crippen LogP contribution < -0.4 is 21.4 Å². The first-order valence-corrected chi connectivity index (χ1v) is 14.8. The molecule has 0 aromatic carbocycles. The zero-order chi connectivity index (χ0) is 32.0. The maximum atomic E-state index is 11.6. The number of aliphatic hydroxyl groups is 2. The summed E-state index contributed by atoms with van der Waals surface area (Å²) in [5.74, 6) is -1.80. The van der Waals surface area contributed by atoms with Crippen molar-refractivity contribution in [2.45, 2.75) is 79.4 Å². The zero-order valence-electron chi connectivity index (χ0n) is 25.9. The van der Waals surface area contributed by atoms with Crippen LogP contribution in [-0.4, -0.2) is 52.3 Å². The van der Waals surface area contributed by atoms with Crippen molar-refractivity contribution in [1.29, 1.82) is 0 Å². The average Bonchev–Trinajstić information content (AvgIpc) is 3.59. The van der Waals surface area contributed by atoms with Crippen molar-refractivity contribution in [3.63, 3.8) is 0 Å². The number of aromatic amines is 4. The van der Waals surface area contributed by atoms with Crippen LogP contribution in [-0.2, 0) is 22.4 Å². The number of H-pyrrole nitrogens is 4. The summed E-state index contributed by atoms with van der Waals surface area (Å²) < 4.78 is 0. The number of aromatic nitrogens is 4. The average molecular weight is 601 g/mol. The lowest BCUT2D eigenvalue weighted by Crippen LogP contribution is -2.14. The van der Waals surface area contributed by atoms with E-state index in [9.17, 15) is 30.0 Å². The number of hydrogen-bond acceptors (Lipinski definition) is 4. The number of hydrogen-bond donors (Lipinski definition) is 8. The number of carboxylic acid groups (broad SMARTS) is 2. The van der Waals surface area contributed by atoms with Crippen LogP contribution in [0.25, 0.3) is 24.3 Å². The quantitative estimate of drug-likeness (QED) is 0.135. The summed E-state index contributed by atoms with van der Waals surface area (Å²) in [7, 11) is 0. The molecular weight excluding hydrogens is 560 g/mol. The summed E-state index contributed by atoms with van der Waals surface area (Å²) in [5, 5.41) is 43.6. The number of rotatable bonds is 8. The third-order valence-electron chi connectivity index (χ3n) is 8.81. The molecule has 0 fully saturated rings. The molecule has 0 aliphatic carbocycles. The first-order valence-electron chi connectivity index (χ1n) is 14.8. The molecule has 5 heterocycles. The second-order valence-electron chi connectivity index (χ2n) is 11.8. The lowest BCUT2D eigenvalue weighted by atomic mass is 10.0. The molecule has 0 spiro atoms. The van der Waals surface area contributed by atoms with Crippen LogP contribution in [0.4, 0.5) is 0 Å². The van der Waals surface area contributed by atoms with Gasteiger partial charge in [0.15, 0.2) is 0 Å². The van der Waals surface area contributed by atoms with Gasteiger partial charge in [-0.15, -0.1) is 0 Å². The molecule has 0 saturated heterocycles. The second-order valence-corrected chi connectivity index (χ2v) is 11.8. The van der Waals surface area contributed by atoms with E-state index < -0.39 is 24.1 Å². The molecule has 2 atom stereocenters. The lowest BCUT2D eigenvalue weighted by Gasteiger charge is -2.05. The van der Waals surface area contributed by atoms with Crippen molar-refractivity contribution in [2.75, 3.05) is 0 Å². The SMILES string of the molecule is Cc1c2[nH]c(c1CCC(=O)O)C=c1[nH]c(c(C)c1CCC(=O)O)=Cc1[nH]c(c([C@H](C)O)c1C)C=c1[nH]c(c([C@@H](C)O)c1C)=C2. The Morgan fingerprint density at radius 3 is 1.66 bits per heavy atom. The summed E-state index contributed by atoms with van der Waals surface area (Å²) in [4.78, 5) is 37.1. The summed E-state index contributed by atoms with van der Waals surface area (Å²) in [6, 6.07) is 0. The third-order valence-corrected chi connectivity index (χ3v) is 8.81. The first-order chi connectivity index (χ1) is 20.8. The van der Waals surface area contributed by atoms with E-state index in [1.165, 1.54) is 0 Å². The summed E-state index contributed by atoms with van der Waals surface area (Å²) in [6.07, 6.45) is 6.78. The molecule has 1 aliphatic heterocycles. The molecule has 10 nitrogen and oxygen atoms in total. The van der Waals surface area contributed by atoms with Crippen molar-refractivity contribution in [2.24, 2.45) is 0 Å². The smallest absolute Gasteiger partial charge is 0.303 e. The fraction of sp³-hybridized carbons (Fsp3) is 0.353. The van der Waals surface area contributed by atoms with E-state index in [2.05, 4.69) is 19.9 Å². The van der Waals surface area contributed by atoms with Crippen molar-refractivity contribution >= 4 is 36.2 Å². The molecule has 44 heavy (non-hydrogen) atoms. The van der Waals surface area contributed by atoms with E-state index in [1.54, 1.807) is 13.8 Å². The van der Waals surface area contributed by atoms with Gasteiger partial charge < -0.3 is 40.4 Å². The Bertz CT molecular complexity index is 2030. The van der Waals surface area contributed by atoms with E-state index in [4.69, 9.17) is 0 Å². The molecule has 232 valence electrons. The lowest BCUT2D eigenvalue weighted by molar-refractivity contribution is -0.138. The van der Waals surface area contributed by atoms with E-state index >= 15 is 0 Å². The van der Waals surface area contributed by atoms with Gasteiger partial charge >= 0.3 is 11.9 Å². The second kappa shape index (κ2) is 11.9. The van der Waals surface area contributed by atoms with E-state index in [0.717, 1.165) is 83.3 Å². The van der Waals surface area contributed by atoms with Crippen molar-refractivity contribution in [1.82, 2.24) is 19.9 Å². The van der Waals surface area contributed by atoms with Gasteiger partial charge in [-0.2, -0.15) is 0 Å². The maximum Gasteiger partial charge on any atom is 0.303 e. The molecule has 4 aromatic heterocycles. The summed E-state index contributed by atoms with van der Waals surface area (Å²) >= 11 is 0. The van der Waals surface area contributed by atoms with Crippen LogP contribution >= 0.6 is 0 Å². The first kappa shape index (κ1) is 30.9. The molecule has 8 N–H and O–H groups in total. The van der Waals surface area contributed by atoms with Gasteiger partial charge in [0.05, 0.1) is 12.2 Å². The molecule has 5 rings (SSSR count). The Labute approximate surface area is 254 Å². The van der Waals surface area contributed by atoms with Crippen molar-refractivity contribution in [3.05, 3.63) is 88.7 Å². The molecule has 0 unspecified atom stereocenters. The molecule has 0 saturated carbocycles. The molecule has 0 amide bonds. The minimum absolute atomic E-state index is 0.0448. The standard InChI is InChI=1S/C34H40N4O6/c1-15-21(7-9-31(41)42)27-14-28-22(8-10-32(43)44)16(2)24(36-28)12-29-34(20(6)40)18(4)26(38-29)13-30-33(19(5)39)17(3)25(37-30)11-23(15)35-27/h11-14,19-20,35-40H,7-10H2,1-6H3,(H,41,42)(H,43,44)/t19-,20+/m0/s1. The highest BCUT2D eigenvalue weighted by molar-refractivity contribution is 5.70. The minimum atomic E-state index is -0.899. The third kappa shape index (κ3) is 5.70. The van der Waals surface area contributed by atoms with Gasteiger partial charge in [-0.05, 0) is 112 Å². The van der Waals surface area contributed by atoms with Crippen LogP contribution in [0.5, 0.6) is 0 Å². The van der Waals surface area contributed by atoms with Crippen LogP contribution in [0.3, 0.4) is 0 Å². The van der Waals surface area contributed by atoms with Crippen molar-refractivity contribution in [3.8, 4) is 0 Å². The number of fused-ring (bicyclic) bond motifs is 8. The van der Waals surface area contributed by atoms with Gasteiger partial charge in [0, 0.05) is 68.1 Å². The van der Waals surface area contributed by atoms with Crippen LogP contribution in [0, 0.1) is 27.7 Å². The number of aliphatic carboxylic acids is 2. The predicted molar refractivity (Wildman–Crippen MR) is 168 cm³/mol. The van der Waals surface area contributed by atoms with Crippen molar-refractivity contribution < 1.29 is 30.0 Å². The molecule has 8 bridgehead atoms. The topological polar surface area (TPSA) is 178 Å². The Morgan fingerprint density at radius 2 is 1.05 bits per heavy atom. The van der Waals surface area contributed by atoms with Gasteiger partial charge in [-0.1, -0.05) is 0 Å². The van der Waals surface area contributed by atoms with E-state index in [1.807, 2.05) is 52.0 Å². The van der Waals surface area contributed by atoms with Gasteiger partial charge in [0.25, 0.3) is 0 Å². The highest BCUT2D eigenvalue weighted by atomic mass is 16.4. The Kier molecular flexibility index (Phi) is 8.33. The van der Waals surface area contributed by atoms with Crippen LogP contribution in [0.1, 0.15) is 106 Å². The van der Waals surface area contributed by atoms with Gasteiger partial charge in [-0.3, -0.25) is 9.59 Å². The zero-order valence-corrected chi connectivity index (χ0v) is 25.9. The van der Waals surface area contributed by atoms with E-state index in [0.29, 0.717) is 18.2 Å². The predicted octanol–water partition coefficient (Wildman–Crippen LogP) is 2.00. The maximum absolute atomic E-state index is 11.6. The molecular formula is C34H40N4O6. The Balaban J connectivity index is 1.93. The van der Waals surface area contributed by atoms with Gasteiger partial charge in [0.1, 0.15) is 0 Å². The summed E-state index contributed by atoms with van der Waals surface area (Å²) in [6.45, 7) is 11.2. The van der Waals surface area contributed by atoms with Gasteiger partial charge in [0.2, 0.25) is 0 Å².